The van der Waals surface area contributed by atoms with Crippen LogP contribution in [0.2, 0.25) is 0 Å². The predicted octanol–water partition coefficient (Wildman–Crippen LogP) is 3.59. The highest BCUT2D eigenvalue weighted by Gasteiger charge is 2.35. The van der Waals surface area contributed by atoms with Gasteiger partial charge in [-0.05, 0) is 59.9 Å². The van der Waals surface area contributed by atoms with Crippen molar-refractivity contribution >= 4 is 11.3 Å². The maximum absolute atomic E-state index is 6.48. The van der Waals surface area contributed by atoms with E-state index < -0.39 is 0 Å². The lowest BCUT2D eigenvalue weighted by molar-refractivity contribution is 0.165. The quantitative estimate of drug-likeness (QED) is 0.814. The van der Waals surface area contributed by atoms with E-state index in [4.69, 9.17) is 5.73 Å². The van der Waals surface area contributed by atoms with Gasteiger partial charge in [0.2, 0.25) is 0 Å². The second-order valence-corrected chi connectivity index (χ2v) is 6.61. The van der Waals surface area contributed by atoms with Crippen molar-refractivity contribution in [3.8, 4) is 0 Å². The van der Waals surface area contributed by atoms with E-state index in [0.717, 1.165) is 6.42 Å². The second kappa shape index (κ2) is 3.91. The second-order valence-electron chi connectivity index (χ2n) is 5.83. The van der Waals surface area contributed by atoms with E-state index in [-0.39, 0.29) is 5.54 Å². The van der Waals surface area contributed by atoms with Gasteiger partial charge in [-0.2, -0.15) is 11.3 Å². The summed E-state index contributed by atoms with van der Waals surface area (Å²) in [4.78, 5) is 0. The molecule has 0 aromatic carbocycles. The third kappa shape index (κ3) is 2.82. The number of thiophene rings is 1. The monoisotopic (exact) mass is 223 g/mol. The molecule has 84 valence electrons. The number of nitrogens with two attached hydrogens (primary N) is 1. The zero-order chi connectivity index (χ0) is 10.9. The Hall–Kier alpha value is -0.340. The van der Waals surface area contributed by atoms with Crippen molar-refractivity contribution < 1.29 is 0 Å². The van der Waals surface area contributed by atoms with E-state index >= 15 is 0 Å². The minimum atomic E-state index is 0.0661. The van der Waals surface area contributed by atoms with Gasteiger partial charge in [0.25, 0.3) is 0 Å². The molecule has 1 saturated carbocycles. The fraction of sp³-hybridized carbons (Fsp3) is 0.692. The molecule has 0 aliphatic heterocycles. The summed E-state index contributed by atoms with van der Waals surface area (Å²) < 4.78 is 0. The molecule has 0 atom stereocenters. The van der Waals surface area contributed by atoms with Crippen molar-refractivity contribution in [1.82, 2.24) is 0 Å². The third-order valence-corrected chi connectivity index (χ3v) is 4.47. The predicted molar refractivity (Wildman–Crippen MR) is 67.2 cm³/mol. The van der Waals surface area contributed by atoms with E-state index in [2.05, 4.69) is 30.7 Å². The van der Waals surface area contributed by atoms with Crippen LogP contribution >= 0.6 is 11.3 Å². The van der Waals surface area contributed by atoms with Gasteiger partial charge >= 0.3 is 0 Å². The summed E-state index contributed by atoms with van der Waals surface area (Å²) in [5.41, 5.74) is 8.47. The average Bonchev–Trinajstić information content (AvgIpc) is 2.64. The highest BCUT2D eigenvalue weighted by molar-refractivity contribution is 7.07. The first-order valence-corrected chi connectivity index (χ1v) is 6.73. The molecule has 1 aliphatic rings. The zero-order valence-electron chi connectivity index (χ0n) is 9.75. The first kappa shape index (κ1) is 11.2. The fourth-order valence-electron chi connectivity index (χ4n) is 2.40. The van der Waals surface area contributed by atoms with Crippen LogP contribution in [0.25, 0.3) is 0 Å². The molecule has 0 bridgehead atoms. The van der Waals surface area contributed by atoms with Gasteiger partial charge in [-0.3, -0.25) is 0 Å². The van der Waals surface area contributed by atoms with Gasteiger partial charge in [0.05, 0.1) is 0 Å². The third-order valence-electron chi connectivity index (χ3n) is 3.74. The average molecular weight is 223 g/mol. The molecule has 0 radical (unpaired) electrons. The Labute approximate surface area is 96.7 Å². The molecule has 1 nitrogen and oxygen atoms in total. The Morgan fingerprint density at radius 2 is 1.93 bits per heavy atom. The van der Waals surface area contributed by atoms with Gasteiger partial charge in [0.15, 0.2) is 0 Å². The molecular weight excluding hydrogens is 202 g/mol. The molecule has 0 unspecified atom stereocenters. The van der Waals surface area contributed by atoms with E-state index in [9.17, 15) is 0 Å². The van der Waals surface area contributed by atoms with Crippen LogP contribution in [0.15, 0.2) is 16.8 Å². The first-order valence-electron chi connectivity index (χ1n) is 5.79. The van der Waals surface area contributed by atoms with Crippen LogP contribution in [0.5, 0.6) is 0 Å². The summed E-state index contributed by atoms with van der Waals surface area (Å²) in [6.07, 6.45) is 5.96. The molecule has 0 amide bonds. The molecule has 1 aromatic heterocycles. The maximum Gasteiger partial charge on any atom is 0.0195 e. The Morgan fingerprint density at radius 1 is 1.27 bits per heavy atom. The normalized spacial score (nSPS) is 23.9. The van der Waals surface area contributed by atoms with Crippen LogP contribution in [-0.2, 0) is 6.42 Å². The number of hydrogen-bond acceptors (Lipinski definition) is 2. The fourth-order valence-corrected chi connectivity index (χ4v) is 3.07. The van der Waals surface area contributed by atoms with Crippen molar-refractivity contribution in [3.05, 3.63) is 22.4 Å². The lowest BCUT2D eigenvalue weighted by Gasteiger charge is -2.41. The van der Waals surface area contributed by atoms with Crippen molar-refractivity contribution in [1.29, 1.82) is 0 Å². The van der Waals surface area contributed by atoms with Gasteiger partial charge in [-0.1, -0.05) is 13.8 Å². The lowest BCUT2D eigenvalue weighted by Crippen LogP contribution is -2.46. The molecule has 1 aliphatic carbocycles. The molecule has 2 N–H and O–H groups in total. The van der Waals surface area contributed by atoms with Crippen LogP contribution in [0.3, 0.4) is 0 Å². The van der Waals surface area contributed by atoms with Crippen LogP contribution < -0.4 is 5.73 Å². The number of rotatable bonds is 2. The van der Waals surface area contributed by atoms with Gasteiger partial charge in [0, 0.05) is 5.54 Å². The molecule has 1 aromatic rings. The van der Waals surface area contributed by atoms with Crippen LogP contribution in [-0.4, -0.2) is 5.54 Å². The summed E-state index contributed by atoms with van der Waals surface area (Å²) >= 11 is 1.77. The minimum Gasteiger partial charge on any atom is -0.325 e. The molecular formula is C13H21NS. The summed E-state index contributed by atoms with van der Waals surface area (Å²) in [6.45, 7) is 4.72. The van der Waals surface area contributed by atoms with Crippen LogP contribution in [0.4, 0.5) is 0 Å². The Morgan fingerprint density at radius 3 is 2.47 bits per heavy atom. The van der Waals surface area contributed by atoms with E-state index in [1.165, 1.54) is 31.2 Å². The highest BCUT2D eigenvalue weighted by atomic mass is 32.1. The molecule has 2 rings (SSSR count). The molecule has 1 fully saturated rings. The van der Waals surface area contributed by atoms with Crippen molar-refractivity contribution in [2.45, 2.75) is 51.5 Å². The summed E-state index contributed by atoms with van der Waals surface area (Å²) in [6, 6.07) is 2.21. The molecule has 0 saturated heterocycles. The molecule has 0 spiro atoms. The SMILES string of the molecule is CC1(C)CCC(N)(Cc2ccsc2)CC1. The Balaban J connectivity index is 1.98. The first-order chi connectivity index (χ1) is 6.99. The lowest BCUT2D eigenvalue weighted by atomic mass is 9.68. The van der Waals surface area contributed by atoms with Crippen LogP contribution in [0, 0.1) is 5.41 Å². The largest absolute Gasteiger partial charge is 0.325 e. The van der Waals surface area contributed by atoms with Gasteiger partial charge in [-0.15, -0.1) is 0 Å². The number of hydrogen-bond donors (Lipinski definition) is 1. The van der Waals surface area contributed by atoms with E-state index in [0.29, 0.717) is 5.41 Å². The van der Waals surface area contributed by atoms with Crippen molar-refractivity contribution in [3.63, 3.8) is 0 Å². The maximum atomic E-state index is 6.48. The smallest absolute Gasteiger partial charge is 0.0195 e. The topological polar surface area (TPSA) is 26.0 Å². The molecule has 15 heavy (non-hydrogen) atoms. The zero-order valence-corrected chi connectivity index (χ0v) is 10.6. The standard InChI is InChI=1S/C13H21NS/c1-12(2)4-6-13(14,7-5-12)9-11-3-8-15-10-11/h3,8,10H,4-7,9,14H2,1-2H3. The van der Waals surface area contributed by atoms with Crippen molar-refractivity contribution in [2.75, 3.05) is 0 Å². The Kier molecular flexibility index (Phi) is 2.91. The summed E-state index contributed by atoms with van der Waals surface area (Å²) in [5, 5.41) is 4.37. The van der Waals surface area contributed by atoms with E-state index in [1.807, 2.05) is 0 Å². The summed E-state index contributed by atoms with van der Waals surface area (Å²) in [7, 11) is 0. The van der Waals surface area contributed by atoms with Crippen LogP contribution in [0.1, 0.15) is 45.1 Å². The molecule has 1 heterocycles. The van der Waals surface area contributed by atoms with Gasteiger partial charge < -0.3 is 5.73 Å². The summed E-state index contributed by atoms with van der Waals surface area (Å²) in [5.74, 6) is 0. The van der Waals surface area contributed by atoms with Gasteiger partial charge in [0.1, 0.15) is 0 Å². The minimum absolute atomic E-state index is 0.0661. The Bertz CT molecular complexity index is 303. The molecule has 2 heteroatoms. The van der Waals surface area contributed by atoms with Crippen molar-refractivity contribution in [2.24, 2.45) is 11.1 Å². The van der Waals surface area contributed by atoms with E-state index in [1.54, 1.807) is 11.3 Å². The van der Waals surface area contributed by atoms with Gasteiger partial charge in [-0.25, -0.2) is 0 Å². The highest BCUT2D eigenvalue weighted by Crippen LogP contribution is 2.40.